The van der Waals surface area contributed by atoms with Crippen molar-refractivity contribution in [2.45, 2.75) is 19.8 Å². The summed E-state index contributed by atoms with van der Waals surface area (Å²) >= 11 is 1.29. The summed E-state index contributed by atoms with van der Waals surface area (Å²) in [6.07, 6.45) is 4.20. The van der Waals surface area contributed by atoms with E-state index in [1.165, 1.54) is 17.4 Å². The average Bonchev–Trinajstić information content (AvgIpc) is 2.88. The van der Waals surface area contributed by atoms with Gasteiger partial charge in [-0.3, -0.25) is 4.79 Å². The van der Waals surface area contributed by atoms with Crippen LogP contribution in [0.25, 0.3) is 6.08 Å². The van der Waals surface area contributed by atoms with E-state index in [9.17, 15) is 9.59 Å². The average molecular weight is 297 g/mol. The largest absolute Gasteiger partial charge is 0.478 e. The number of carbonyl (C=O) groups excluding carboxylic acids is 1. The summed E-state index contributed by atoms with van der Waals surface area (Å²) in [6.45, 7) is 3.96. The molecule has 110 valence electrons. The van der Waals surface area contributed by atoms with E-state index in [1.54, 1.807) is 11.4 Å². The second-order valence-electron chi connectivity index (χ2n) is 4.10. The lowest BCUT2D eigenvalue weighted by Gasteiger charge is -2.05. The maximum absolute atomic E-state index is 11.9. The minimum Gasteiger partial charge on any atom is -0.478 e. The van der Waals surface area contributed by atoms with Crippen LogP contribution in [0.1, 0.15) is 35.0 Å². The Morgan fingerprint density at radius 3 is 2.95 bits per heavy atom. The van der Waals surface area contributed by atoms with Crippen molar-refractivity contribution in [1.82, 2.24) is 5.32 Å². The third kappa shape index (κ3) is 5.99. The van der Waals surface area contributed by atoms with Gasteiger partial charge in [-0.1, -0.05) is 6.92 Å². The van der Waals surface area contributed by atoms with Crippen LogP contribution in [0.15, 0.2) is 17.5 Å². The Morgan fingerprint density at radius 2 is 2.25 bits per heavy atom. The summed E-state index contributed by atoms with van der Waals surface area (Å²) < 4.78 is 5.32. The molecule has 0 saturated heterocycles. The lowest BCUT2D eigenvalue weighted by atomic mass is 10.2. The third-order valence-corrected chi connectivity index (χ3v) is 3.34. The highest BCUT2D eigenvalue weighted by Crippen LogP contribution is 2.18. The minimum absolute atomic E-state index is 0.180. The van der Waals surface area contributed by atoms with Crippen molar-refractivity contribution in [2.24, 2.45) is 0 Å². The summed E-state index contributed by atoms with van der Waals surface area (Å²) in [7, 11) is 0. The smallest absolute Gasteiger partial charge is 0.328 e. The molecule has 1 aromatic rings. The number of hydrogen-bond donors (Lipinski definition) is 2. The van der Waals surface area contributed by atoms with E-state index in [4.69, 9.17) is 9.84 Å². The quantitative estimate of drug-likeness (QED) is 0.542. The van der Waals surface area contributed by atoms with E-state index >= 15 is 0 Å². The number of amides is 1. The van der Waals surface area contributed by atoms with Crippen LogP contribution in [-0.4, -0.2) is 36.7 Å². The van der Waals surface area contributed by atoms with Gasteiger partial charge in [0.2, 0.25) is 0 Å². The van der Waals surface area contributed by atoms with Gasteiger partial charge in [-0.25, -0.2) is 4.79 Å². The van der Waals surface area contributed by atoms with Crippen LogP contribution in [-0.2, 0) is 9.53 Å². The molecule has 2 N–H and O–H groups in total. The Hall–Kier alpha value is -1.66. The fourth-order valence-corrected chi connectivity index (χ4v) is 2.30. The Morgan fingerprint density at radius 1 is 1.45 bits per heavy atom. The fraction of sp³-hybridized carbons (Fsp3) is 0.429. The number of aliphatic carboxylic acids is 1. The molecule has 1 aromatic heterocycles. The Balaban J connectivity index is 2.40. The molecule has 0 saturated carbocycles. The van der Waals surface area contributed by atoms with Crippen molar-refractivity contribution in [3.8, 4) is 0 Å². The van der Waals surface area contributed by atoms with Gasteiger partial charge >= 0.3 is 5.97 Å². The van der Waals surface area contributed by atoms with Crippen molar-refractivity contribution in [3.05, 3.63) is 28.0 Å². The molecular formula is C14H19NO4S. The molecule has 0 aromatic carbocycles. The molecule has 0 atom stereocenters. The monoisotopic (exact) mass is 297 g/mol. The first kappa shape index (κ1) is 16.4. The van der Waals surface area contributed by atoms with Crippen molar-refractivity contribution >= 4 is 29.3 Å². The van der Waals surface area contributed by atoms with E-state index in [0.29, 0.717) is 23.6 Å². The molecule has 0 aliphatic heterocycles. The lowest BCUT2D eigenvalue weighted by molar-refractivity contribution is -0.131. The summed E-state index contributed by atoms with van der Waals surface area (Å²) in [5.41, 5.74) is 0.622. The SMILES string of the molecule is CCCOCCCNC(=O)c1sccc1/C=C/C(=O)O. The van der Waals surface area contributed by atoms with E-state index < -0.39 is 5.97 Å². The molecule has 0 fully saturated rings. The van der Waals surface area contributed by atoms with E-state index in [1.807, 2.05) is 6.92 Å². The first-order chi connectivity index (χ1) is 9.65. The van der Waals surface area contributed by atoms with Crippen molar-refractivity contribution in [3.63, 3.8) is 0 Å². The van der Waals surface area contributed by atoms with Gasteiger partial charge in [-0.05, 0) is 35.9 Å². The number of carboxylic acid groups (broad SMARTS) is 1. The van der Waals surface area contributed by atoms with Gasteiger partial charge in [-0.2, -0.15) is 0 Å². The maximum atomic E-state index is 11.9. The summed E-state index contributed by atoms with van der Waals surface area (Å²) in [5, 5.41) is 13.2. The third-order valence-electron chi connectivity index (χ3n) is 2.41. The fourth-order valence-electron chi connectivity index (χ4n) is 1.50. The highest BCUT2D eigenvalue weighted by Gasteiger charge is 2.10. The van der Waals surface area contributed by atoms with E-state index in [0.717, 1.165) is 25.5 Å². The zero-order chi connectivity index (χ0) is 14.8. The zero-order valence-electron chi connectivity index (χ0n) is 11.4. The second-order valence-corrected chi connectivity index (χ2v) is 5.01. The standard InChI is InChI=1S/C14H19NO4S/c1-2-8-19-9-3-7-15-14(18)13-11(6-10-20-13)4-5-12(16)17/h4-6,10H,2-3,7-9H2,1H3,(H,15,18)(H,16,17)/b5-4+. The van der Waals surface area contributed by atoms with Gasteiger partial charge < -0.3 is 15.2 Å². The van der Waals surface area contributed by atoms with Gasteiger partial charge in [0, 0.05) is 25.8 Å². The molecule has 0 spiro atoms. The highest BCUT2D eigenvalue weighted by molar-refractivity contribution is 7.12. The van der Waals surface area contributed by atoms with Crippen molar-refractivity contribution in [2.75, 3.05) is 19.8 Å². The number of carbonyl (C=O) groups is 2. The molecule has 1 amide bonds. The van der Waals surface area contributed by atoms with Gasteiger partial charge in [0.25, 0.3) is 5.91 Å². The normalized spacial score (nSPS) is 10.8. The first-order valence-corrected chi connectivity index (χ1v) is 7.37. The van der Waals surface area contributed by atoms with Gasteiger partial charge in [0.15, 0.2) is 0 Å². The van der Waals surface area contributed by atoms with Gasteiger partial charge in [-0.15, -0.1) is 11.3 Å². The van der Waals surface area contributed by atoms with Crippen LogP contribution in [0.5, 0.6) is 0 Å². The first-order valence-electron chi connectivity index (χ1n) is 6.49. The molecule has 0 radical (unpaired) electrons. The number of rotatable bonds is 9. The number of thiophene rings is 1. The summed E-state index contributed by atoms with van der Waals surface area (Å²) in [5.74, 6) is -1.21. The molecule has 1 rings (SSSR count). The van der Waals surface area contributed by atoms with E-state index in [-0.39, 0.29) is 5.91 Å². The van der Waals surface area contributed by atoms with Gasteiger partial charge in [0.1, 0.15) is 0 Å². The molecule has 6 heteroatoms. The van der Waals surface area contributed by atoms with Gasteiger partial charge in [0.05, 0.1) is 4.88 Å². The van der Waals surface area contributed by atoms with Crippen molar-refractivity contribution in [1.29, 1.82) is 0 Å². The van der Waals surface area contributed by atoms with E-state index in [2.05, 4.69) is 5.32 Å². The van der Waals surface area contributed by atoms with Crippen LogP contribution in [0.3, 0.4) is 0 Å². The molecule has 5 nitrogen and oxygen atoms in total. The predicted molar refractivity (Wildman–Crippen MR) is 79.0 cm³/mol. The number of carboxylic acids is 1. The Kier molecular flexibility index (Phi) is 7.60. The molecule has 0 aliphatic rings. The highest BCUT2D eigenvalue weighted by atomic mass is 32.1. The van der Waals surface area contributed by atoms with Crippen LogP contribution >= 0.6 is 11.3 Å². The lowest BCUT2D eigenvalue weighted by Crippen LogP contribution is -2.25. The topological polar surface area (TPSA) is 75.6 Å². The zero-order valence-corrected chi connectivity index (χ0v) is 12.2. The van der Waals surface area contributed by atoms with Crippen LogP contribution in [0.4, 0.5) is 0 Å². The summed E-state index contributed by atoms with van der Waals surface area (Å²) in [4.78, 5) is 22.9. The number of hydrogen-bond acceptors (Lipinski definition) is 4. The number of ether oxygens (including phenoxy) is 1. The van der Waals surface area contributed by atoms with Crippen LogP contribution in [0, 0.1) is 0 Å². The Labute approximate surface area is 122 Å². The molecular weight excluding hydrogens is 278 g/mol. The van der Waals surface area contributed by atoms with Crippen LogP contribution in [0.2, 0.25) is 0 Å². The molecule has 0 aliphatic carbocycles. The molecule has 0 bridgehead atoms. The minimum atomic E-state index is -1.03. The Bertz CT molecular complexity index is 467. The van der Waals surface area contributed by atoms with Crippen LogP contribution < -0.4 is 5.32 Å². The number of nitrogens with one attached hydrogen (secondary N) is 1. The predicted octanol–water partition coefficient (Wildman–Crippen LogP) is 2.39. The molecule has 20 heavy (non-hydrogen) atoms. The molecule has 0 unspecified atom stereocenters. The molecule has 1 heterocycles. The maximum Gasteiger partial charge on any atom is 0.328 e. The summed E-state index contributed by atoms with van der Waals surface area (Å²) in [6, 6.07) is 1.73. The second kappa shape index (κ2) is 9.28. The van der Waals surface area contributed by atoms with Crippen molar-refractivity contribution < 1.29 is 19.4 Å².